The molecule has 122 valence electrons. The van der Waals surface area contributed by atoms with E-state index in [-0.39, 0.29) is 18.5 Å². The van der Waals surface area contributed by atoms with E-state index in [9.17, 15) is 9.59 Å². The molecule has 0 fully saturated rings. The first-order chi connectivity index (χ1) is 11.5. The lowest BCUT2D eigenvalue weighted by Gasteiger charge is -2.09. The summed E-state index contributed by atoms with van der Waals surface area (Å²) in [6, 6.07) is 10.7. The second-order valence-corrected chi connectivity index (χ2v) is 6.01. The van der Waals surface area contributed by atoms with Gasteiger partial charge in [-0.1, -0.05) is 34.1 Å². The van der Waals surface area contributed by atoms with Crippen molar-refractivity contribution in [2.45, 2.75) is 6.92 Å². The van der Waals surface area contributed by atoms with E-state index in [1.54, 1.807) is 18.2 Å². The zero-order valence-electron chi connectivity index (χ0n) is 12.8. The van der Waals surface area contributed by atoms with Crippen molar-refractivity contribution in [3.63, 3.8) is 0 Å². The number of carbonyl (C=O) groups is 2. The molecule has 1 heterocycles. The molecule has 0 aliphatic carbocycles. The maximum Gasteiger partial charge on any atom is 0.248 e. The van der Waals surface area contributed by atoms with Crippen LogP contribution in [-0.4, -0.2) is 18.5 Å². The number of ether oxygens (including phenoxy) is 2. The molecule has 6 heteroatoms. The molecule has 0 aromatic heterocycles. The Hall–Kier alpha value is -2.60. The highest BCUT2D eigenvalue weighted by molar-refractivity contribution is 9.10. The minimum absolute atomic E-state index is 0.103. The Morgan fingerprint density at radius 1 is 1.17 bits per heavy atom. The number of nitrogens with one attached hydrogen (secondary N) is 1. The van der Waals surface area contributed by atoms with Crippen molar-refractivity contribution in [3.05, 3.63) is 58.1 Å². The molecule has 2 aromatic carbocycles. The monoisotopic (exact) mass is 387 g/mol. The molecule has 2 aromatic rings. The maximum atomic E-state index is 12.2. The van der Waals surface area contributed by atoms with Crippen LogP contribution in [-0.2, 0) is 4.79 Å². The van der Waals surface area contributed by atoms with Crippen LogP contribution >= 0.6 is 15.9 Å². The summed E-state index contributed by atoms with van der Waals surface area (Å²) in [4.78, 5) is 24.0. The average Bonchev–Trinajstić information content (AvgIpc) is 3.00. The molecule has 0 unspecified atom stereocenters. The van der Waals surface area contributed by atoms with E-state index in [0.29, 0.717) is 22.7 Å². The lowest BCUT2D eigenvalue weighted by atomic mass is 10.1. The first-order valence-corrected chi connectivity index (χ1v) is 8.02. The SMILES string of the molecule is CC(=O)c1cc2c(cc1NC(=O)/C=C/c1ccccc1Br)OCO2. The van der Waals surface area contributed by atoms with Crippen LogP contribution < -0.4 is 14.8 Å². The highest BCUT2D eigenvalue weighted by Gasteiger charge is 2.19. The third-order valence-electron chi connectivity index (χ3n) is 3.47. The molecule has 3 rings (SSSR count). The van der Waals surface area contributed by atoms with Gasteiger partial charge in [0.05, 0.1) is 5.69 Å². The zero-order valence-corrected chi connectivity index (χ0v) is 14.4. The fraction of sp³-hybridized carbons (Fsp3) is 0.111. The van der Waals surface area contributed by atoms with Gasteiger partial charge in [-0.25, -0.2) is 0 Å². The Morgan fingerprint density at radius 2 is 1.88 bits per heavy atom. The Morgan fingerprint density at radius 3 is 2.58 bits per heavy atom. The summed E-state index contributed by atoms with van der Waals surface area (Å²) >= 11 is 3.42. The summed E-state index contributed by atoms with van der Waals surface area (Å²) in [5.74, 6) is 0.498. The minimum atomic E-state index is -0.341. The maximum absolute atomic E-state index is 12.2. The zero-order chi connectivity index (χ0) is 17.1. The van der Waals surface area contributed by atoms with Gasteiger partial charge in [-0.15, -0.1) is 0 Å². The van der Waals surface area contributed by atoms with Crippen LogP contribution in [0.15, 0.2) is 46.9 Å². The lowest BCUT2D eigenvalue weighted by molar-refractivity contribution is -0.111. The number of fused-ring (bicyclic) bond motifs is 1. The smallest absolute Gasteiger partial charge is 0.248 e. The number of ketones is 1. The number of hydrogen-bond donors (Lipinski definition) is 1. The first kappa shape index (κ1) is 16.3. The van der Waals surface area contributed by atoms with Crippen molar-refractivity contribution in [3.8, 4) is 11.5 Å². The lowest BCUT2D eigenvalue weighted by Crippen LogP contribution is -2.11. The van der Waals surface area contributed by atoms with E-state index in [4.69, 9.17) is 9.47 Å². The van der Waals surface area contributed by atoms with Crippen LogP contribution in [0, 0.1) is 0 Å². The number of carbonyl (C=O) groups excluding carboxylic acids is 2. The van der Waals surface area contributed by atoms with E-state index >= 15 is 0 Å². The summed E-state index contributed by atoms with van der Waals surface area (Å²) in [7, 11) is 0. The standard InChI is InChI=1S/C18H14BrNO4/c1-11(21)13-8-16-17(24-10-23-16)9-15(13)20-18(22)7-6-12-4-2-3-5-14(12)19/h2-9H,10H2,1H3,(H,20,22)/b7-6+. The number of benzene rings is 2. The van der Waals surface area contributed by atoms with Crippen LogP contribution in [0.1, 0.15) is 22.8 Å². The molecule has 5 nitrogen and oxygen atoms in total. The fourth-order valence-corrected chi connectivity index (χ4v) is 2.70. The van der Waals surface area contributed by atoms with E-state index in [1.807, 2.05) is 24.3 Å². The predicted octanol–water partition coefficient (Wildman–Crippen LogP) is 4.03. The molecule has 1 aliphatic heterocycles. The second-order valence-electron chi connectivity index (χ2n) is 5.15. The average molecular weight is 388 g/mol. The summed E-state index contributed by atoms with van der Waals surface area (Å²) < 4.78 is 11.4. The summed E-state index contributed by atoms with van der Waals surface area (Å²) in [6.45, 7) is 1.54. The molecule has 1 amide bonds. The van der Waals surface area contributed by atoms with Gasteiger partial charge in [-0.3, -0.25) is 9.59 Å². The van der Waals surface area contributed by atoms with Crippen molar-refractivity contribution in [2.24, 2.45) is 0 Å². The van der Waals surface area contributed by atoms with Crippen LogP contribution in [0.4, 0.5) is 5.69 Å². The Balaban J connectivity index is 1.82. The van der Waals surface area contributed by atoms with Gasteiger partial charge in [0.15, 0.2) is 17.3 Å². The molecule has 0 bridgehead atoms. The summed E-state index contributed by atoms with van der Waals surface area (Å²) in [5, 5.41) is 2.71. The molecule has 1 aliphatic rings. The molecule has 0 atom stereocenters. The molecular formula is C18H14BrNO4. The Labute approximate surface area is 147 Å². The number of amides is 1. The third kappa shape index (κ3) is 3.49. The largest absolute Gasteiger partial charge is 0.454 e. The van der Waals surface area contributed by atoms with Gasteiger partial charge in [0, 0.05) is 22.2 Å². The van der Waals surface area contributed by atoms with Crippen molar-refractivity contribution < 1.29 is 19.1 Å². The molecule has 24 heavy (non-hydrogen) atoms. The first-order valence-electron chi connectivity index (χ1n) is 7.23. The van der Waals surface area contributed by atoms with Crippen molar-refractivity contribution in [1.29, 1.82) is 0 Å². The molecule has 0 saturated carbocycles. The van der Waals surface area contributed by atoms with Gasteiger partial charge >= 0.3 is 0 Å². The van der Waals surface area contributed by atoms with E-state index in [0.717, 1.165) is 10.0 Å². The number of hydrogen-bond acceptors (Lipinski definition) is 4. The Kier molecular flexibility index (Phi) is 4.66. The van der Waals surface area contributed by atoms with Crippen molar-refractivity contribution in [2.75, 3.05) is 12.1 Å². The Bertz CT molecular complexity index is 845. The minimum Gasteiger partial charge on any atom is -0.454 e. The molecular weight excluding hydrogens is 374 g/mol. The van der Waals surface area contributed by atoms with Crippen molar-refractivity contribution >= 4 is 39.4 Å². The quantitative estimate of drug-likeness (QED) is 0.635. The van der Waals surface area contributed by atoms with Gasteiger partial charge in [-0.2, -0.15) is 0 Å². The van der Waals surface area contributed by atoms with Gasteiger partial charge in [-0.05, 0) is 30.7 Å². The van der Waals surface area contributed by atoms with Gasteiger partial charge in [0.1, 0.15) is 0 Å². The van der Waals surface area contributed by atoms with E-state index < -0.39 is 0 Å². The summed E-state index contributed by atoms with van der Waals surface area (Å²) in [5.41, 5.74) is 1.65. The van der Waals surface area contributed by atoms with Crippen LogP contribution in [0.2, 0.25) is 0 Å². The molecule has 0 radical (unpaired) electrons. The van der Waals surface area contributed by atoms with Crippen LogP contribution in [0.25, 0.3) is 6.08 Å². The number of anilines is 1. The highest BCUT2D eigenvalue weighted by Crippen LogP contribution is 2.37. The molecule has 0 spiro atoms. The number of Topliss-reactive ketones (excluding diaryl/α,β-unsaturated/α-hetero) is 1. The number of halogens is 1. The summed E-state index contributed by atoms with van der Waals surface area (Å²) in [6.07, 6.45) is 3.11. The van der Waals surface area contributed by atoms with E-state index in [2.05, 4.69) is 21.2 Å². The number of rotatable bonds is 4. The van der Waals surface area contributed by atoms with Crippen LogP contribution in [0.5, 0.6) is 11.5 Å². The topological polar surface area (TPSA) is 64.6 Å². The van der Waals surface area contributed by atoms with Gasteiger partial charge in [0.2, 0.25) is 12.7 Å². The predicted molar refractivity (Wildman–Crippen MR) is 94.4 cm³/mol. The van der Waals surface area contributed by atoms with E-state index in [1.165, 1.54) is 13.0 Å². The van der Waals surface area contributed by atoms with Gasteiger partial charge < -0.3 is 14.8 Å². The fourth-order valence-electron chi connectivity index (χ4n) is 2.29. The molecule has 0 saturated heterocycles. The molecule has 1 N–H and O–H groups in total. The van der Waals surface area contributed by atoms with Crippen molar-refractivity contribution in [1.82, 2.24) is 0 Å². The normalized spacial score (nSPS) is 12.4. The second kappa shape index (κ2) is 6.88. The van der Waals surface area contributed by atoms with Gasteiger partial charge in [0.25, 0.3) is 0 Å². The van der Waals surface area contributed by atoms with Crippen LogP contribution in [0.3, 0.4) is 0 Å². The third-order valence-corrected chi connectivity index (χ3v) is 4.19. The highest BCUT2D eigenvalue weighted by atomic mass is 79.9.